The number of aryl methyl sites for hydroxylation is 1. The molecule has 34 heavy (non-hydrogen) atoms. The molecular weight excluding hydrogens is 436 g/mol. The maximum absolute atomic E-state index is 12.8. The molecule has 0 bridgehead atoms. The predicted octanol–water partition coefficient (Wildman–Crippen LogP) is 5.03. The highest BCUT2D eigenvalue weighted by atomic mass is 16.6. The van der Waals surface area contributed by atoms with Gasteiger partial charge in [-0.2, -0.15) is 0 Å². The second kappa shape index (κ2) is 10.4. The molecule has 3 rings (SSSR count). The first-order valence-electron chi connectivity index (χ1n) is 11.1. The van der Waals surface area contributed by atoms with Crippen LogP contribution in [0.2, 0.25) is 0 Å². The predicted molar refractivity (Wildman–Crippen MR) is 130 cm³/mol. The standard InChI is InChI=1S/C26H30N2O6/c1-6-7-19-21(32-5)13-10-17-14-20(24(30)33-22(17)19)23(29)28-18-11-8-16(9-12-18)15-27-25(31)34-26(2,3)4/h8-14H,6-7,15H2,1-5H3,(H,27,31)(H,28,29). The highest BCUT2D eigenvalue weighted by Crippen LogP contribution is 2.29. The van der Waals surface area contributed by atoms with Crippen LogP contribution >= 0.6 is 0 Å². The lowest BCUT2D eigenvalue weighted by atomic mass is 10.0. The molecule has 0 saturated carbocycles. The van der Waals surface area contributed by atoms with Gasteiger partial charge in [0, 0.05) is 23.2 Å². The topological polar surface area (TPSA) is 107 Å². The molecule has 1 heterocycles. The third-order valence-electron chi connectivity index (χ3n) is 4.97. The average molecular weight is 467 g/mol. The Bertz CT molecular complexity index is 1240. The summed E-state index contributed by atoms with van der Waals surface area (Å²) in [6.07, 6.45) is 1.03. The van der Waals surface area contributed by atoms with E-state index in [0.29, 0.717) is 28.8 Å². The Labute approximate surface area is 198 Å². The molecule has 3 aromatic rings. The van der Waals surface area contributed by atoms with Crippen molar-refractivity contribution < 1.29 is 23.5 Å². The van der Waals surface area contributed by atoms with Crippen LogP contribution in [0.5, 0.6) is 5.75 Å². The molecule has 2 N–H and O–H groups in total. The zero-order chi connectivity index (χ0) is 24.9. The van der Waals surface area contributed by atoms with Gasteiger partial charge in [-0.1, -0.05) is 25.5 Å². The molecule has 0 atom stereocenters. The van der Waals surface area contributed by atoms with Crippen molar-refractivity contribution in [1.82, 2.24) is 5.32 Å². The Hall–Kier alpha value is -3.81. The molecule has 8 heteroatoms. The number of ether oxygens (including phenoxy) is 2. The molecule has 2 aromatic carbocycles. The van der Waals surface area contributed by atoms with E-state index in [-0.39, 0.29) is 12.1 Å². The number of rotatable bonds is 7. The van der Waals surface area contributed by atoms with Crippen LogP contribution < -0.4 is 21.0 Å². The van der Waals surface area contributed by atoms with Crippen molar-refractivity contribution in [2.24, 2.45) is 0 Å². The van der Waals surface area contributed by atoms with Gasteiger partial charge in [0.1, 0.15) is 22.5 Å². The van der Waals surface area contributed by atoms with Crippen molar-refractivity contribution in [3.8, 4) is 5.75 Å². The highest BCUT2D eigenvalue weighted by molar-refractivity contribution is 6.05. The van der Waals surface area contributed by atoms with Gasteiger partial charge in [0.2, 0.25) is 0 Å². The number of amides is 2. The summed E-state index contributed by atoms with van der Waals surface area (Å²) in [6, 6.07) is 12.0. The minimum atomic E-state index is -0.714. The zero-order valence-electron chi connectivity index (χ0n) is 20.1. The molecule has 2 amide bonds. The number of hydrogen-bond acceptors (Lipinski definition) is 6. The number of hydrogen-bond donors (Lipinski definition) is 2. The number of methoxy groups -OCH3 is 1. The van der Waals surface area contributed by atoms with Crippen LogP contribution in [0.1, 0.15) is 55.6 Å². The van der Waals surface area contributed by atoms with Crippen molar-refractivity contribution in [1.29, 1.82) is 0 Å². The monoisotopic (exact) mass is 466 g/mol. The number of carbonyl (C=O) groups is 2. The van der Waals surface area contributed by atoms with Gasteiger partial charge in [-0.3, -0.25) is 4.79 Å². The maximum atomic E-state index is 12.8. The summed E-state index contributed by atoms with van der Waals surface area (Å²) in [7, 11) is 1.57. The SMILES string of the molecule is CCCc1c(OC)ccc2cc(C(=O)Nc3ccc(CNC(=O)OC(C)(C)C)cc3)c(=O)oc12. The third-order valence-corrected chi connectivity index (χ3v) is 4.97. The van der Waals surface area contributed by atoms with Gasteiger partial charge in [-0.15, -0.1) is 0 Å². The second-order valence-corrected chi connectivity index (χ2v) is 8.87. The first kappa shape index (κ1) is 24.8. The normalized spacial score (nSPS) is 11.2. The van der Waals surface area contributed by atoms with Gasteiger partial charge in [-0.05, 0) is 63.1 Å². The maximum Gasteiger partial charge on any atom is 0.407 e. The van der Waals surface area contributed by atoms with Crippen LogP contribution in [-0.4, -0.2) is 24.7 Å². The van der Waals surface area contributed by atoms with E-state index in [4.69, 9.17) is 13.9 Å². The molecule has 0 aliphatic rings. The van der Waals surface area contributed by atoms with E-state index in [9.17, 15) is 14.4 Å². The number of fused-ring (bicyclic) bond motifs is 1. The van der Waals surface area contributed by atoms with Crippen LogP contribution in [0.25, 0.3) is 11.0 Å². The van der Waals surface area contributed by atoms with Gasteiger partial charge in [0.15, 0.2) is 0 Å². The van der Waals surface area contributed by atoms with E-state index in [1.807, 2.05) is 6.92 Å². The van der Waals surface area contributed by atoms with Crippen molar-refractivity contribution in [3.05, 3.63) is 69.6 Å². The van der Waals surface area contributed by atoms with E-state index >= 15 is 0 Å². The zero-order valence-corrected chi connectivity index (χ0v) is 20.1. The molecular formula is C26H30N2O6. The van der Waals surface area contributed by atoms with Crippen molar-refractivity contribution in [2.45, 2.75) is 52.7 Å². The Morgan fingerprint density at radius 3 is 2.38 bits per heavy atom. The summed E-state index contributed by atoms with van der Waals surface area (Å²) in [4.78, 5) is 37.2. The number of benzene rings is 2. The Morgan fingerprint density at radius 1 is 1.06 bits per heavy atom. The molecule has 0 unspecified atom stereocenters. The summed E-state index contributed by atoms with van der Waals surface area (Å²) in [5.41, 5.74) is 1.20. The number of nitrogens with one attached hydrogen (secondary N) is 2. The molecule has 0 fully saturated rings. The van der Waals surface area contributed by atoms with Gasteiger partial charge in [0.05, 0.1) is 7.11 Å². The summed E-state index contributed by atoms with van der Waals surface area (Å²) in [6.45, 7) is 7.68. The van der Waals surface area contributed by atoms with Gasteiger partial charge >= 0.3 is 11.7 Å². The van der Waals surface area contributed by atoms with Gasteiger partial charge in [-0.25, -0.2) is 9.59 Å². The third kappa shape index (κ3) is 6.15. The van der Waals surface area contributed by atoms with Crippen molar-refractivity contribution in [3.63, 3.8) is 0 Å². The lowest BCUT2D eigenvalue weighted by Crippen LogP contribution is -2.32. The van der Waals surface area contributed by atoms with Gasteiger partial charge < -0.3 is 24.5 Å². The first-order chi connectivity index (χ1) is 16.1. The Morgan fingerprint density at radius 2 is 1.76 bits per heavy atom. The molecule has 0 saturated heterocycles. The lowest BCUT2D eigenvalue weighted by Gasteiger charge is -2.19. The lowest BCUT2D eigenvalue weighted by molar-refractivity contribution is 0.0523. The van der Waals surface area contributed by atoms with E-state index in [2.05, 4.69) is 10.6 Å². The number of anilines is 1. The molecule has 0 spiro atoms. The summed E-state index contributed by atoms with van der Waals surface area (Å²) in [5, 5.41) is 6.04. The second-order valence-electron chi connectivity index (χ2n) is 8.87. The van der Waals surface area contributed by atoms with Crippen LogP contribution in [0, 0.1) is 0 Å². The summed E-state index contributed by atoms with van der Waals surface area (Å²) < 4.78 is 16.1. The summed E-state index contributed by atoms with van der Waals surface area (Å²) in [5.74, 6) is 0.0825. The summed E-state index contributed by atoms with van der Waals surface area (Å²) >= 11 is 0. The van der Waals surface area contributed by atoms with E-state index in [0.717, 1.165) is 17.5 Å². The minimum Gasteiger partial charge on any atom is -0.496 e. The van der Waals surface area contributed by atoms with Crippen molar-refractivity contribution >= 4 is 28.7 Å². The fraction of sp³-hybridized carbons (Fsp3) is 0.346. The van der Waals surface area contributed by atoms with E-state index in [1.165, 1.54) is 6.07 Å². The van der Waals surface area contributed by atoms with Crippen LogP contribution in [0.15, 0.2) is 51.7 Å². The highest BCUT2D eigenvalue weighted by Gasteiger charge is 2.18. The first-order valence-corrected chi connectivity index (χ1v) is 11.1. The van der Waals surface area contributed by atoms with Gasteiger partial charge in [0.25, 0.3) is 5.91 Å². The molecule has 0 radical (unpaired) electrons. The van der Waals surface area contributed by atoms with Crippen molar-refractivity contribution in [2.75, 3.05) is 12.4 Å². The molecule has 0 aliphatic heterocycles. The quantitative estimate of drug-likeness (QED) is 0.473. The fourth-order valence-corrected chi connectivity index (χ4v) is 3.45. The molecule has 1 aromatic heterocycles. The molecule has 0 aliphatic carbocycles. The smallest absolute Gasteiger partial charge is 0.407 e. The number of alkyl carbamates (subject to hydrolysis) is 1. The van der Waals surface area contributed by atoms with Crippen LogP contribution in [0.4, 0.5) is 10.5 Å². The molecule has 8 nitrogen and oxygen atoms in total. The van der Waals surface area contributed by atoms with E-state index in [1.54, 1.807) is 64.3 Å². The van der Waals surface area contributed by atoms with E-state index < -0.39 is 23.2 Å². The Kier molecular flexibility index (Phi) is 7.61. The Balaban J connectivity index is 1.73. The average Bonchev–Trinajstić information content (AvgIpc) is 2.77. The van der Waals surface area contributed by atoms with Crippen LogP contribution in [-0.2, 0) is 17.7 Å². The minimum absolute atomic E-state index is 0.0872. The largest absolute Gasteiger partial charge is 0.496 e. The fourth-order valence-electron chi connectivity index (χ4n) is 3.45. The number of carbonyl (C=O) groups excluding carboxylic acids is 2. The van der Waals surface area contributed by atoms with Crippen LogP contribution in [0.3, 0.4) is 0 Å². The molecule has 180 valence electrons.